The van der Waals surface area contributed by atoms with E-state index in [-0.39, 0.29) is 18.4 Å². The summed E-state index contributed by atoms with van der Waals surface area (Å²) in [6, 6.07) is 0. The Morgan fingerprint density at radius 1 is 0.609 bits per heavy atom. The van der Waals surface area contributed by atoms with Crippen molar-refractivity contribution in [2.24, 2.45) is 17.8 Å². The number of hydrogen-bond donors (Lipinski definition) is 1. The van der Waals surface area contributed by atoms with E-state index in [0.717, 1.165) is 50.7 Å². The highest BCUT2D eigenvalue weighted by atomic mass is 16.5. The maximum Gasteiger partial charge on any atom is 0.307 e. The van der Waals surface area contributed by atoms with Crippen molar-refractivity contribution < 1.29 is 19.4 Å². The third-order valence-electron chi connectivity index (χ3n) is 5.21. The number of rotatable bonds is 19. The first-order valence-corrected chi connectivity index (χ1v) is 19.7. The van der Waals surface area contributed by atoms with Crippen molar-refractivity contribution in [2.45, 2.75) is 208 Å². The summed E-state index contributed by atoms with van der Waals surface area (Å²) < 4.78 is 5.33. The molecule has 1 N–H and O–H groups in total. The summed E-state index contributed by atoms with van der Waals surface area (Å²) in [6.07, 6.45) is 16.4. The standard InChI is InChI=1S/C20H41NO3.C7H16.C3H6O.3C3H8.C2H6/c1-18(2)11-8-6-5-7-9-16-24-20(23)12-14-21(13-10-15-22)17-19(3)4;1-4-5-6-7(2)3;1-3(2)4;3*1-3-2;1-2/h18-19,22H,5-17H2,1-4H3;7H,4-6H2,1-3H3;1-2H3;3*3H2,1-2H3;1-2H3. The van der Waals surface area contributed by atoms with Crippen LogP contribution in [0.1, 0.15) is 208 Å². The molecule has 0 saturated carbocycles. The van der Waals surface area contributed by atoms with Gasteiger partial charge in [-0.25, -0.2) is 0 Å². The molecule has 0 aliphatic heterocycles. The molecule has 0 spiro atoms. The van der Waals surface area contributed by atoms with Crippen molar-refractivity contribution >= 4 is 11.8 Å². The van der Waals surface area contributed by atoms with Crippen LogP contribution in [0.2, 0.25) is 0 Å². The molecular weight excluding hydrogens is 570 g/mol. The van der Waals surface area contributed by atoms with Crippen LogP contribution in [0.3, 0.4) is 0 Å². The number of aliphatic hydroxyl groups is 1. The lowest BCUT2D eigenvalue weighted by Crippen LogP contribution is -2.31. The van der Waals surface area contributed by atoms with Gasteiger partial charge in [-0.3, -0.25) is 4.79 Å². The molecule has 0 aromatic carbocycles. The highest BCUT2D eigenvalue weighted by Crippen LogP contribution is 2.10. The monoisotopic (exact) mass is 664 g/mol. The predicted octanol–water partition coefficient (Wildman–Crippen LogP) is 13.0. The van der Waals surface area contributed by atoms with Gasteiger partial charge in [0, 0.05) is 26.2 Å². The molecule has 0 aliphatic rings. The molecule has 0 radical (unpaired) electrons. The van der Waals surface area contributed by atoms with Crippen molar-refractivity contribution in [3.63, 3.8) is 0 Å². The van der Waals surface area contributed by atoms with E-state index in [1.807, 2.05) is 13.8 Å². The maximum absolute atomic E-state index is 11.8. The van der Waals surface area contributed by atoms with E-state index >= 15 is 0 Å². The Hall–Kier alpha value is -0.940. The highest BCUT2D eigenvalue weighted by Gasteiger charge is 2.10. The molecule has 0 bridgehead atoms. The molecule has 0 heterocycles. The Morgan fingerprint density at radius 3 is 1.35 bits per heavy atom. The van der Waals surface area contributed by atoms with Gasteiger partial charge < -0.3 is 19.5 Å². The maximum atomic E-state index is 11.8. The number of ketones is 1. The summed E-state index contributed by atoms with van der Waals surface area (Å²) >= 11 is 0. The predicted molar refractivity (Wildman–Crippen MR) is 211 cm³/mol. The average molecular weight is 664 g/mol. The number of hydrogen-bond acceptors (Lipinski definition) is 5. The highest BCUT2D eigenvalue weighted by molar-refractivity contribution is 5.72. The minimum Gasteiger partial charge on any atom is -0.466 e. The van der Waals surface area contributed by atoms with Crippen LogP contribution in [-0.4, -0.2) is 54.6 Å². The lowest BCUT2D eigenvalue weighted by Gasteiger charge is -2.23. The van der Waals surface area contributed by atoms with Crippen molar-refractivity contribution in [3.05, 3.63) is 0 Å². The van der Waals surface area contributed by atoms with Gasteiger partial charge in [-0.05, 0) is 44.4 Å². The average Bonchev–Trinajstić information content (AvgIpc) is 2.96. The Labute approximate surface area is 293 Å². The lowest BCUT2D eigenvalue weighted by atomic mass is 10.0. The van der Waals surface area contributed by atoms with E-state index in [1.54, 1.807) is 0 Å². The van der Waals surface area contributed by atoms with Crippen LogP contribution in [-0.2, 0) is 14.3 Å². The Kier molecular flexibility index (Phi) is 78.1. The fraction of sp³-hybridized carbons (Fsp3) is 0.951. The van der Waals surface area contributed by atoms with Gasteiger partial charge in [0.1, 0.15) is 5.78 Å². The second kappa shape index (κ2) is 59.5. The molecule has 286 valence electrons. The molecule has 0 aromatic rings. The molecule has 0 fully saturated rings. The number of carbonyl (C=O) groups is 2. The Bertz CT molecular complexity index is 484. The lowest BCUT2D eigenvalue weighted by molar-refractivity contribution is -0.144. The molecule has 0 unspecified atom stereocenters. The normalized spacial score (nSPS) is 9.52. The SMILES string of the molecule is CC.CC(C)=O.CC(C)CCCCCCCOC(=O)CCN(CCCO)CC(C)C.CCC.CCC.CCC.CCCCC(C)C. The van der Waals surface area contributed by atoms with Gasteiger partial charge >= 0.3 is 5.97 Å². The van der Waals surface area contributed by atoms with Crippen molar-refractivity contribution in [2.75, 3.05) is 32.8 Å². The molecule has 5 heteroatoms. The molecule has 0 amide bonds. The van der Waals surface area contributed by atoms with E-state index in [2.05, 4.69) is 94.9 Å². The van der Waals surface area contributed by atoms with E-state index in [9.17, 15) is 9.59 Å². The van der Waals surface area contributed by atoms with Crippen molar-refractivity contribution in [3.8, 4) is 0 Å². The van der Waals surface area contributed by atoms with Gasteiger partial charge in [-0.2, -0.15) is 0 Å². The number of esters is 1. The van der Waals surface area contributed by atoms with Crippen LogP contribution in [0.15, 0.2) is 0 Å². The van der Waals surface area contributed by atoms with Gasteiger partial charge in [0.15, 0.2) is 0 Å². The van der Waals surface area contributed by atoms with Gasteiger partial charge in [-0.1, -0.05) is 174 Å². The van der Waals surface area contributed by atoms with Gasteiger partial charge in [0.25, 0.3) is 0 Å². The fourth-order valence-electron chi connectivity index (χ4n) is 3.41. The molecular formula is C41H93NO4. The van der Waals surface area contributed by atoms with Crippen molar-refractivity contribution in [1.82, 2.24) is 4.90 Å². The molecule has 0 atom stereocenters. The van der Waals surface area contributed by atoms with Crippen molar-refractivity contribution in [1.29, 1.82) is 0 Å². The zero-order valence-electron chi connectivity index (χ0n) is 35.3. The smallest absolute Gasteiger partial charge is 0.307 e. The van der Waals surface area contributed by atoms with E-state index in [0.29, 0.717) is 18.9 Å². The molecule has 46 heavy (non-hydrogen) atoms. The minimum absolute atomic E-state index is 0.0902. The van der Waals surface area contributed by atoms with Crippen LogP contribution < -0.4 is 0 Å². The van der Waals surface area contributed by atoms with Crippen LogP contribution in [0.4, 0.5) is 0 Å². The molecule has 0 rings (SSSR count). The summed E-state index contributed by atoms with van der Waals surface area (Å²) in [7, 11) is 0. The second-order valence-electron chi connectivity index (χ2n) is 13.3. The first-order chi connectivity index (χ1) is 21.7. The Balaban J connectivity index is -0.000000112. The first-order valence-electron chi connectivity index (χ1n) is 19.7. The number of ether oxygens (including phenoxy) is 1. The molecule has 0 saturated heterocycles. The largest absolute Gasteiger partial charge is 0.466 e. The first kappa shape index (κ1) is 60.4. The van der Waals surface area contributed by atoms with Gasteiger partial charge in [0.05, 0.1) is 13.0 Å². The third kappa shape index (κ3) is 104. The number of Topliss-reactive ketones (excluding diaryl/α,β-unsaturated/α-hetero) is 1. The van der Waals surface area contributed by atoms with Crippen LogP contribution in [0.5, 0.6) is 0 Å². The van der Waals surface area contributed by atoms with E-state index in [4.69, 9.17) is 9.84 Å². The van der Waals surface area contributed by atoms with Crippen LogP contribution in [0.25, 0.3) is 0 Å². The number of nitrogens with zero attached hydrogens (tertiary/aromatic N) is 1. The van der Waals surface area contributed by atoms with Crippen LogP contribution >= 0.6 is 0 Å². The summed E-state index contributed by atoms with van der Waals surface area (Å²) in [5, 5.41) is 8.96. The zero-order valence-corrected chi connectivity index (χ0v) is 35.3. The zero-order chi connectivity index (χ0) is 37.6. The minimum atomic E-state index is -0.0902. The topological polar surface area (TPSA) is 66.8 Å². The van der Waals surface area contributed by atoms with E-state index in [1.165, 1.54) is 78.1 Å². The van der Waals surface area contributed by atoms with Gasteiger partial charge in [0.2, 0.25) is 0 Å². The molecule has 0 aromatic heterocycles. The van der Waals surface area contributed by atoms with E-state index < -0.39 is 0 Å². The Morgan fingerprint density at radius 2 is 1.00 bits per heavy atom. The quantitative estimate of drug-likeness (QED) is 0.110. The summed E-state index contributed by atoms with van der Waals surface area (Å²) in [5.74, 6) is 2.35. The van der Waals surface area contributed by atoms with Crippen LogP contribution in [0, 0.1) is 17.8 Å². The second-order valence-corrected chi connectivity index (χ2v) is 13.3. The molecule has 5 nitrogen and oxygen atoms in total. The third-order valence-corrected chi connectivity index (χ3v) is 5.21. The number of aliphatic hydroxyl groups excluding tert-OH is 1. The fourth-order valence-corrected chi connectivity index (χ4v) is 3.41. The summed E-state index contributed by atoms with van der Waals surface area (Å²) in [6.45, 7) is 38.8. The molecule has 0 aliphatic carbocycles. The number of carbonyl (C=O) groups excluding carboxylic acids is 2. The van der Waals surface area contributed by atoms with Gasteiger partial charge in [-0.15, -0.1) is 0 Å². The number of unbranched alkanes of at least 4 members (excludes halogenated alkanes) is 5. The summed E-state index contributed by atoms with van der Waals surface area (Å²) in [5.41, 5.74) is 0. The summed E-state index contributed by atoms with van der Waals surface area (Å²) in [4.78, 5) is 23.5.